The maximum Gasteiger partial charge on any atom is 0.201 e. The normalized spacial score (nSPS) is 23.7. The van der Waals surface area contributed by atoms with Gasteiger partial charge in [0, 0.05) is 11.1 Å². The average molecular weight is 557 g/mol. The molecule has 0 N–H and O–H groups in total. The SMILES string of the molecule is CCCCCOc1ccc2c(c1F)-c1c-2cc(OCC2CCC(C3CCC(CCCCC)CC3)CC2)c(F)c1F. The molecule has 220 valence electrons. The van der Waals surface area contributed by atoms with Gasteiger partial charge in [0.05, 0.1) is 13.2 Å². The van der Waals surface area contributed by atoms with Crippen molar-refractivity contribution in [2.75, 3.05) is 13.2 Å². The number of fused-ring (bicyclic) bond motifs is 4. The molecule has 0 saturated heterocycles. The summed E-state index contributed by atoms with van der Waals surface area (Å²) in [6.45, 7) is 5.17. The van der Waals surface area contributed by atoms with Gasteiger partial charge in [-0.15, -0.1) is 0 Å². The molecule has 0 aliphatic heterocycles. The maximum absolute atomic E-state index is 15.1. The van der Waals surface area contributed by atoms with Crippen LogP contribution in [0.15, 0.2) is 18.2 Å². The van der Waals surface area contributed by atoms with Gasteiger partial charge in [0.1, 0.15) is 0 Å². The predicted octanol–water partition coefficient (Wildman–Crippen LogP) is 10.9. The highest BCUT2D eigenvalue weighted by Gasteiger charge is 2.35. The molecular formula is C35H47F3O2. The fourth-order valence-corrected chi connectivity index (χ4v) is 7.44. The first-order valence-electron chi connectivity index (χ1n) is 16.1. The number of hydrogen-bond acceptors (Lipinski definition) is 2. The highest BCUT2D eigenvalue weighted by atomic mass is 19.2. The van der Waals surface area contributed by atoms with Gasteiger partial charge in [-0.1, -0.05) is 65.2 Å². The Balaban J connectivity index is 1.12. The maximum atomic E-state index is 15.1. The minimum absolute atomic E-state index is 0.00282. The molecule has 0 heterocycles. The monoisotopic (exact) mass is 556 g/mol. The Morgan fingerprint density at radius 3 is 1.93 bits per heavy atom. The molecule has 5 rings (SSSR count). The third-order valence-electron chi connectivity index (χ3n) is 9.97. The van der Waals surface area contributed by atoms with Crippen LogP contribution in [0.4, 0.5) is 13.2 Å². The second kappa shape index (κ2) is 13.7. The third kappa shape index (κ3) is 6.34. The molecule has 3 aliphatic rings. The van der Waals surface area contributed by atoms with E-state index < -0.39 is 17.5 Å². The number of ether oxygens (including phenoxy) is 2. The number of hydrogen-bond donors (Lipinski definition) is 0. The van der Waals surface area contributed by atoms with Gasteiger partial charge in [-0.3, -0.25) is 0 Å². The van der Waals surface area contributed by atoms with Crippen molar-refractivity contribution in [1.29, 1.82) is 0 Å². The first-order valence-corrected chi connectivity index (χ1v) is 16.1. The Hall–Kier alpha value is -2.17. The van der Waals surface area contributed by atoms with Crippen LogP contribution >= 0.6 is 0 Å². The highest BCUT2D eigenvalue weighted by molar-refractivity contribution is 6.04. The van der Waals surface area contributed by atoms with Crippen LogP contribution in [0.1, 0.15) is 110 Å². The van der Waals surface area contributed by atoms with Crippen LogP contribution in [0.2, 0.25) is 0 Å². The molecule has 0 aromatic heterocycles. The van der Waals surface area contributed by atoms with E-state index in [1.165, 1.54) is 64.2 Å². The quantitative estimate of drug-likeness (QED) is 0.195. The van der Waals surface area contributed by atoms with E-state index in [0.29, 0.717) is 30.3 Å². The first-order chi connectivity index (χ1) is 19.5. The molecule has 0 bridgehead atoms. The smallest absolute Gasteiger partial charge is 0.201 e. The van der Waals surface area contributed by atoms with E-state index in [1.807, 2.05) is 0 Å². The van der Waals surface area contributed by atoms with Crippen LogP contribution in [0, 0.1) is 41.1 Å². The number of rotatable bonds is 13. The van der Waals surface area contributed by atoms with Gasteiger partial charge >= 0.3 is 0 Å². The van der Waals surface area contributed by atoms with E-state index in [0.717, 1.165) is 49.9 Å². The summed E-state index contributed by atoms with van der Waals surface area (Å²) in [7, 11) is 0. The summed E-state index contributed by atoms with van der Waals surface area (Å²) in [6, 6.07) is 4.86. The van der Waals surface area contributed by atoms with Crippen molar-refractivity contribution in [2.45, 2.75) is 110 Å². The number of halogens is 3. The van der Waals surface area contributed by atoms with Crippen LogP contribution in [0.5, 0.6) is 11.5 Å². The Labute approximate surface area is 239 Å². The molecule has 5 heteroatoms. The van der Waals surface area contributed by atoms with E-state index in [2.05, 4.69) is 13.8 Å². The van der Waals surface area contributed by atoms with Crippen LogP contribution in [0.3, 0.4) is 0 Å². The average Bonchev–Trinajstić information content (AvgIpc) is 2.96. The van der Waals surface area contributed by atoms with Crippen molar-refractivity contribution in [2.24, 2.45) is 23.7 Å². The van der Waals surface area contributed by atoms with Gasteiger partial charge in [-0.05, 0) is 97.9 Å². The third-order valence-corrected chi connectivity index (χ3v) is 9.97. The van der Waals surface area contributed by atoms with Gasteiger partial charge in [0.2, 0.25) is 5.82 Å². The fourth-order valence-electron chi connectivity index (χ4n) is 7.44. The largest absolute Gasteiger partial charge is 0.490 e. The van der Waals surface area contributed by atoms with Gasteiger partial charge in [0.25, 0.3) is 0 Å². The summed E-state index contributed by atoms with van der Waals surface area (Å²) in [4.78, 5) is 0. The minimum atomic E-state index is -1.03. The van der Waals surface area contributed by atoms with Gasteiger partial charge in [-0.25, -0.2) is 8.78 Å². The molecule has 2 nitrogen and oxygen atoms in total. The Kier molecular flexibility index (Phi) is 10.0. The van der Waals surface area contributed by atoms with Crippen molar-refractivity contribution in [3.05, 3.63) is 35.7 Å². The van der Waals surface area contributed by atoms with E-state index in [1.54, 1.807) is 18.2 Å². The summed E-state index contributed by atoms with van der Waals surface area (Å²) in [5.41, 5.74) is 1.20. The lowest BCUT2D eigenvalue weighted by molar-refractivity contribution is 0.120. The van der Waals surface area contributed by atoms with Crippen molar-refractivity contribution in [1.82, 2.24) is 0 Å². The number of unbranched alkanes of at least 4 members (excludes halogenated alkanes) is 4. The Bertz CT molecular complexity index is 1130. The Morgan fingerprint density at radius 1 is 0.625 bits per heavy atom. The molecule has 0 radical (unpaired) electrons. The van der Waals surface area contributed by atoms with E-state index in [-0.39, 0.29) is 22.6 Å². The second-order valence-electron chi connectivity index (χ2n) is 12.6. The van der Waals surface area contributed by atoms with Gasteiger partial charge in [-0.2, -0.15) is 4.39 Å². The zero-order valence-corrected chi connectivity index (χ0v) is 24.5. The van der Waals surface area contributed by atoms with E-state index >= 15 is 13.2 Å². The van der Waals surface area contributed by atoms with Crippen molar-refractivity contribution in [3.63, 3.8) is 0 Å². The van der Waals surface area contributed by atoms with E-state index in [4.69, 9.17) is 9.47 Å². The lowest BCUT2D eigenvalue weighted by Gasteiger charge is -2.38. The summed E-state index contributed by atoms with van der Waals surface area (Å²) < 4.78 is 56.7. The standard InChI is InChI=1S/C35H47F3O2/c1-3-5-7-9-23-10-14-25(15-11-23)26-16-12-24(13-17-26)22-40-30-21-28-27-18-19-29(39-20-8-6-4-2)33(36)31(27)32(28)35(38)34(30)37/h18-19,21,23-26H,3-17,20,22H2,1-2H3. The summed E-state index contributed by atoms with van der Waals surface area (Å²) in [5, 5.41) is 0. The summed E-state index contributed by atoms with van der Waals surface area (Å²) >= 11 is 0. The van der Waals surface area contributed by atoms with E-state index in [9.17, 15) is 0 Å². The molecule has 40 heavy (non-hydrogen) atoms. The predicted molar refractivity (Wildman–Crippen MR) is 156 cm³/mol. The highest BCUT2D eigenvalue weighted by Crippen LogP contribution is 2.54. The topological polar surface area (TPSA) is 18.5 Å². The molecule has 3 aliphatic carbocycles. The van der Waals surface area contributed by atoms with Crippen molar-refractivity contribution >= 4 is 0 Å². The van der Waals surface area contributed by atoms with Gasteiger partial charge < -0.3 is 9.47 Å². The molecular weight excluding hydrogens is 509 g/mol. The van der Waals surface area contributed by atoms with Gasteiger partial charge in [0.15, 0.2) is 23.1 Å². The van der Waals surface area contributed by atoms with Crippen molar-refractivity contribution in [3.8, 4) is 33.8 Å². The molecule has 2 aromatic rings. The molecule has 0 unspecified atom stereocenters. The minimum Gasteiger partial charge on any atom is -0.490 e. The van der Waals surface area contributed by atoms with Crippen LogP contribution < -0.4 is 9.47 Å². The lowest BCUT2D eigenvalue weighted by atomic mass is 9.69. The molecule has 2 saturated carbocycles. The lowest BCUT2D eigenvalue weighted by Crippen LogP contribution is -2.27. The zero-order chi connectivity index (χ0) is 28.1. The summed E-state index contributed by atoms with van der Waals surface area (Å²) in [6.07, 6.45) is 18.5. The summed E-state index contributed by atoms with van der Waals surface area (Å²) in [5.74, 6) is 0.347. The first kappa shape index (κ1) is 29.3. The molecule has 0 atom stereocenters. The fraction of sp³-hybridized carbons (Fsp3) is 0.657. The molecule has 0 amide bonds. The second-order valence-corrected chi connectivity index (χ2v) is 12.6. The molecule has 0 spiro atoms. The molecule has 2 fully saturated rings. The number of benzene rings is 2. The molecule has 2 aromatic carbocycles. The zero-order valence-electron chi connectivity index (χ0n) is 24.5. The Morgan fingerprint density at radius 2 is 1.25 bits per heavy atom. The van der Waals surface area contributed by atoms with Crippen LogP contribution in [-0.2, 0) is 0 Å². The van der Waals surface area contributed by atoms with Crippen LogP contribution in [0.25, 0.3) is 22.3 Å². The van der Waals surface area contributed by atoms with Crippen molar-refractivity contribution < 1.29 is 22.6 Å². The van der Waals surface area contributed by atoms with Crippen LogP contribution in [-0.4, -0.2) is 13.2 Å².